The third-order valence-corrected chi connectivity index (χ3v) is 6.73. The Morgan fingerprint density at radius 1 is 1.24 bits per heavy atom. The monoisotopic (exact) mass is 380 g/mol. The summed E-state index contributed by atoms with van der Waals surface area (Å²) in [5.74, 6) is 0.410. The van der Waals surface area contributed by atoms with Crippen LogP contribution in [0.15, 0.2) is 0 Å². The van der Waals surface area contributed by atoms with Gasteiger partial charge in [0.2, 0.25) is 0 Å². The SMILES string of the molecule is CCOC(=O)c1c(NC(=S)NC2CCCCC2C)sc2c1CCCC2. The largest absolute Gasteiger partial charge is 0.462 e. The molecular formula is C19H28N2O2S2. The molecule has 2 aliphatic carbocycles. The number of carbonyl (C=O) groups excluding carboxylic acids is 1. The third-order valence-electron chi connectivity index (χ3n) is 5.31. The van der Waals surface area contributed by atoms with Crippen molar-refractivity contribution in [3.63, 3.8) is 0 Å². The lowest BCUT2D eigenvalue weighted by atomic mass is 9.86. The summed E-state index contributed by atoms with van der Waals surface area (Å²) < 4.78 is 5.31. The van der Waals surface area contributed by atoms with E-state index in [1.807, 2.05) is 6.92 Å². The Hall–Kier alpha value is -1.14. The number of ether oxygens (including phenoxy) is 1. The van der Waals surface area contributed by atoms with Crippen molar-refractivity contribution in [2.75, 3.05) is 11.9 Å². The number of esters is 1. The number of thiophene rings is 1. The van der Waals surface area contributed by atoms with Crippen molar-refractivity contribution in [2.24, 2.45) is 5.92 Å². The molecule has 1 aromatic heterocycles. The number of hydrogen-bond donors (Lipinski definition) is 2. The van der Waals surface area contributed by atoms with Gasteiger partial charge >= 0.3 is 5.97 Å². The van der Waals surface area contributed by atoms with Crippen LogP contribution in [0.3, 0.4) is 0 Å². The Morgan fingerprint density at radius 2 is 2.00 bits per heavy atom. The summed E-state index contributed by atoms with van der Waals surface area (Å²) in [5.41, 5.74) is 1.88. The number of hydrogen-bond acceptors (Lipinski definition) is 4. The Bertz CT molecular complexity index is 642. The topological polar surface area (TPSA) is 50.4 Å². The van der Waals surface area contributed by atoms with Crippen LogP contribution in [0.5, 0.6) is 0 Å². The Labute approximate surface area is 159 Å². The molecule has 3 rings (SSSR count). The van der Waals surface area contributed by atoms with Crippen molar-refractivity contribution >= 4 is 39.6 Å². The van der Waals surface area contributed by atoms with Crippen LogP contribution in [0.1, 0.15) is 73.2 Å². The van der Waals surface area contributed by atoms with Gasteiger partial charge in [-0.25, -0.2) is 4.79 Å². The maximum absolute atomic E-state index is 12.5. The van der Waals surface area contributed by atoms with Crippen molar-refractivity contribution in [1.29, 1.82) is 0 Å². The van der Waals surface area contributed by atoms with Crippen LogP contribution < -0.4 is 10.6 Å². The van der Waals surface area contributed by atoms with Crippen LogP contribution in [-0.2, 0) is 17.6 Å². The number of rotatable bonds is 4. The molecule has 0 aromatic carbocycles. The van der Waals surface area contributed by atoms with Crippen LogP contribution in [0.25, 0.3) is 0 Å². The fraction of sp³-hybridized carbons (Fsp3) is 0.684. The van der Waals surface area contributed by atoms with E-state index >= 15 is 0 Å². The van der Waals surface area contributed by atoms with Gasteiger partial charge in [0.15, 0.2) is 5.11 Å². The van der Waals surface area contributed by atoms with Crippen molar-refractivity contribution < 1.29 is 9.53 Å². The highest BCUT2D eigenvalue weighted by Crippen LogP contribution is 2.38. The molecule has 0 saturated heterocycles. The molecular weight excluding hydrogens is 352 g/mol. The van der Waals surface area contributed by atoms with E-state index in [0.717, 1.165) is 30.7 Å². The van der Waals surface area contributed by atoms with Gasteiger partial charge in [-0.3, -0.25) is 0 Å². The molecule has 0 radical (unpaired) electrons. The maximum Gasteiger partial charge on any atom is 0.341 e. The highest BCUT2D eigenvalue weighted by Gasteiger charge is 2.27. The normalized spacial score (nSPS) is 22.8. The molecule has 2 unspecified atom stereocenters. The van der Waals surface area contributed by atoms with Gasteiger partial charge in [0, 0.05) is 10.9 Å². The molecule has 25 heavy (non-hydrogen) atoms. The quantitative estimate of drug-likeness (QED) is 0.587. The van der Waals surface area contributed by atoms with Gasteiger partial charge in [0.1, 0.15) is 5.00 Å². The molecule has 4 nitrogen and oxygen atoms in total. The van der Waals surface area contributed by atoms with Crippen LogP contribution in [0, 0.1) is 5.92 Å². The first-order valence-corrected chi connectivity index (χ1v) is 10.7. The first kappa shape index (κ1) is 18.6. The van der Waals surface area contributed by atoms with E-state index in [4.69, 9.17) is 17.0 Å². The predicted molar refractivity (Wildman–Crippen MR) is 108 cm³/mol. The summed E-state index contributed by atoms with van der Waals surface area (Å²) >= 11 is 7.22. The minimum Gasteiger partial charge on any atom is -0.462 e. The fourth-order valence-electron chi connectivity index (χ4n) is 3.91. The van der Waals surface area contributed by atoms with Gasteiger partial charge in [-0.05, 0) is 69.1 Å². The van der Waals surface area contributed by atoms with Gasteiger partial charge in [-0.2, -0.15) is 0 Å². The van der Waals surface area contributed by atoms with Gasteiger partial charge in [-0.15, -0.1) is 11.3 Å². The Morgan fingerprint density at radius 3 is 2.76 bits per heavy atom. The van der Waals surface area contributed by atoms with Crippen LogP contribution >= 0.6 is 23.6 Å². The number of carbonyl (C=O) groups is 1. The molecule has 1 saturated carbocycles. The lowest BCUT2D eigenvalue weighted by Crippen LogP contribution is -2.43. The molecule has 2 N–H and O–H groups in total. The zero-order chi connectivity index (χ0) is 17.8. The smallest absolute Gasteiger partial charge is 0.341 e. The lowest BCUT2D eigenvalue weighted by Gasteiger charge is -2.30. The average Bonchev–Trinajstić information content (AvgIpc) is 2.95. The summed E-state index contributed by atoms with van der Waals surface area (Å²) in [7, 11) is 0. The van der Waals surface area contributed by atoms with Crippen LogP contribution in [0.4, 0.5) is 5.00 Å². The number of thiocarbonyl (C=S) groups is 1. The second-order valence-corrected chi connectivity index (χ2v) is 8.62. The Balaban J connectivity index is 1.75. The molecule has 0 aliphatic heterocycles. The Kier molecular flexibility index (Phi) is 6.34. The summed E-state index contributed by atoms with van der Waals surface area (Å²) in [6.07, 6.45) is 9.32. The number of fused-ring (bicyclic) bond motifs is 1. The summed E-state index contributed by atoms with van der Waals surface area (Å²) in [5, 5.41) is 8.26. The molecule has 0 amide bonds. The first-order valence-electron chi connectivity index (χ1n) is 9.49. The predicted octanol–water partition coefficient (Wildman–Crippen LogP) is 4.67. The summed E-state index contributed by atoms with van der Waals surface area (Å²) in [6, 6.07) is 0.425. The van der Waals surface area contributed by atoms with E-state index in [1.54, 1.807) is 11.3 Å². The molecule has 6 heteroatoms. The van der Waals surface area contributed by atoms with E-state index < -0.39 is 0 Å². The molecule has 138 valence electrons. The standard InChI is InChI=1S/C19H28N2O2S2/c1-3-23-18(22)16-13-9-5-7-11-15(13)25-17(16)21-19(24)20-14-10-6-4-8-12(14)2/h12,14H,3-11H2,1-2H3,(H2,20,21,24). The van der Waals surface area contributed by atoms with E-state index in [1.165, 1.54) is 36.1 Å². The van der Waals surface area contributed by atoms with E-state index in [0.29, 0.717) is 29.2 Å². The van der Waals surface area contributed by atoms with Crippen LogP contribution in [0.2, 0.25) is 0 Å². The first-order chi connectivity index (χ1) is 12.1. The number of nitrogens with one attached hydrogen (secondary N) is 2. The maximum atomic E-state index is 12.5. The summed E-state index contributed by atoms with van der Waals surface area (Å²) in [6.45, 7) is 4.53. The van der Waals surface area contributed by atoms with Gasteiger partial charge in [-0.1, -0.05) is 19.8 Å². The van der Waals surface area contributed by atoms with Crippen molar-refractivity contribution in [2.45, 2.75) is 71.3 Å². The molecule has 1 aromatic rings. The highest BCUT2D eigenvalue weighted by molar-refractivity contribution is 7.80. The fourth-order valence-corrected chi connectivity index (χ4v) is 5.51. The number of aryl methyl sites for hydroxylation is 1. The molecule has 1 fully saturated rings. The molecule has 0 spiro atoms. The second kappa shape index (κ2) is 8.49. The van der Waals surface area contributed by atoms with Gasteiger partial charge < -0.3 is 15.4 Å². The zero-order valence-corrected chi connectivity index (χ0v) is 16.8. The summed E-state index contributed by atoms with van der Waals surface area (Å²) in [4.78, 5) is 13.8. The van der Waals surface area contributed by atoms with Crippen molar-refractivity contribution in [3.8, 4) is 0 Å². The van der Waals surface area contributed by atoms with Crippen molar-refractivity contribution in [1.82, 2.24) is 5.32 Å². The average molecular weight is 381 g/mol. The highest BCUT2D eigenvalue weighted by atomic mass is 32.1. The van der Waals surface area contributed by atoms with Crippen LogP contribution in [-0.4, -0.2) is 23.7 Å². The molecule has 1 heterocycles. The molecule has 0 bridgehead atoms. The molecule has 2 aliphatic rings. The minimum absolute atomic E-state index is 0.224. The van der Waals surface area contributed by atoms with E-state index in [2.05, 4.69) is 17.6 Å². The minimum atomic E-state index is -0.224. The second-order valence-electron chi connectivity index (χ2n) is 7.10. The lowest BCUT2D eigenvalue weighted by molar-refractivity contribution is 0.0526. The number of anilines is 1. The van der Waals surface area contributed by atoms with Gasteiger partial charge in [0.05, 0.1) is 12.2 Å². The molecule has 2 atom stereocenters. The zero-order valence-electron chi connectivity index (χ0n) is 15.2. The van der Waals surface area contributed by atoms with Gasteiger partial charge in [0.25, 0.3) is 0 Å². The van der Waals surface area contributed by atoms with E-state index in [9.17, 15) is 4.79 Å². The third kappa shape index (κ3) is 4.34. The van der Waals surface area contributed by atoms with Crippen molar-refractivity contribution in [3.05, 3.63) is 16.0 Å². The van der Waals surface area contributed by atoms with E-state index in [-0.39, 0.29) is 5.97 Å².